The molecule has 0 spiro atoms. The van der Waals surface area contributed by atoms with E-state index in [1.165, 1.54) is 0 Å². The minimum Gasteiger partial charge on any atom is -0.351 e. The van der Waals surface area contributed by atoms with Crippen LogP contribution < -0.4 is 16.0 Å². The van der Waals surface area contributed by atoms with Gasteiger partial charge in [-0.3, -0.25) is 9.59 Å². The maximum Gasteiger partial charge on any atom is 0.234 e. The van der Waals surface area contributed by atoms with Gasteiger partial charge in [-0.2, -0.15) is 0 Å². The Labute approximate surface area is 125 Å². The number of nitrogens with one attached hydrogen (secondary N) is 3. The first-order chi connectivity index (χ1) is 9.15. The molecule has 5 nitrogen and oxygen atoms in total. The summed E-state index contributed by atoms with van der Waals surface area (Å²) in [7, 11) is 1.73. The quantitative estimate of drug-likeness (QED) is 0.717. The summed E-state index contributed by atoms with van der Waals surface area (Å²) < 4.78 is 0. The standard InChI is InChI=1S/C14H21N3O2.ClH/c1-3-4-13(18)17-12-7-5-11(6-8-12)9-16-14(19)10-15-2;/h5-8,15H,3-4,9-10H2,1-2H3,(H,16,19)(H,17,18);1H. The van der Waals surface area contributed by atoms with Crippen LogP contribution in [0.5, 0.6) is 0 Å². The normalized spacial score (nSPS) is 9.50. The van der Waals surface area contributed by atoms with E-state index < -0.39 is 0 Å². The molecule has 0 aliphatic rings. The van der Waals surface area contributed by atoms with Gasteiger partial charge >= 0.3 is 0 Å². The molecule has 112 valence electrons. The van der Waals surface area contributed by atoms with E-state index in [0.29, 0.717) is 19.5 Å². The van der Waals surface area contributed by atoms with Gasteiger partial charge in [0.1, 0.15) is 0 Å². The Morgan fingerprint density at radius 3 is 2.30 bits per heavy atom. The highest BCUT2D eigenvalue weighted by Gasteiger charge is 2.02. The first-order valence-electron chi connectivity index (χ1n) is 6.45. The number of carbonyl (C=O) groups excluding carboxylic acids is 2. The second-order valence-electron chi connectivity index (χ2n) is 4.30. The van der Waals surface area contributed by atoms with Crippen LogP contribution in [0, 0.1) is 0 Å². The van der Waals surface area contributed by atoms with Crippen molar-refractivity contribution in [1.82, 2.24) is 10.6 Å². The number of rotatable bonds is 7. The van der Waals surface area contributed by atoms with Crippen LogP contribution >= 0.6 is 12.4 Å². The zero-order valence-electron chi connectivity index (χ0n) is 11.9. The predicted molar refractivity (Wildman–Crippen MR) is 83.0 cm³/mol. The van der Waals surface area contributed by atoms with E-state index in [-0.39, 0.29) is 24.2 Å². The fourth-order valence-corrected chi connectivity index (χ4v) is 1.58. The van der Waals surface area contributed by atoms with Crippen molar-refractivity contribution in [3.05, 3.63) is 29.8 Å². The van der Waals surface area contributed by atoms with Gasteiger partial charge in [0.05, 0.1) is 6.54 Å². The minimum atomic E-state index is -0.0391. The monoisotopic (exact) mass is 299 g/mol. The fourth-order valence-electron chi connectivity index (χ4n) is 1.58. The zero-order chi connectivity index (χ0) is 14.1. The molecule has 0 atom stereocenters. The summed E-state index contributed by atoms with van der Waals surface area (Å²) in [6.45, 7) is 2.77. The number of hydrogen-bond acceptors (Lipinski definition) is 3. The highest BCUT2D eigenvalue weighted by Crippen LogP contribution is 2.10. The van der Waals surface area contributed by atoms with Crippen molar-refractivity contribution in [1.29, 1.82) is 0 Å². The SMILES string of the molecule is CCCC(=O)Nc1ccc(CNC(=O)CNC)cc1.Cl. The van der Waals surface area contributed by atoms with Crippen molar-refractivity contribution in [2.75, 3.05) is 18.9 Å². The Hall–Kier alpha value is -1.59. The van der Waals surface area contributed by atoms with Crippen LogP contribution in [0.4, 0.5) is 5.69 Å². The Balaban J connectivity index is 0.00000361. The number of benzene rings is 1. The van der Waals surface area contributed by atoms with Crippen molar-refractivity contribution >= 4 is 29.9 Å². The van der Waals surface area contributed by atoms with Gasteiger partial charge in [0.2, 0.25) is 11.8 Å². The van der Waals surface area contributed by atoms with Crippen molar-refractivity contribution in [3.63, 3.8) is 0 Å². The Morgan fingerprint density at radius 1 is 1.10 bits per heavy atom. The fraction of sp³-hybridized carbons (Fsp3) is 0.429. The summed E-state index contributed by atoms with van der Waals surface area (Å²) in [5.41, 5.74) is 1.78. The van der Waals surface area contributed by atoms with Crippen LogP contribution in [-0.2, 0) is 16.1 Å². The highest BCUT2D eigenvalue weighted by molar-refractivity contribution is 5.90. The molecule has 0 heterocycles. The third-order valence-electron chi connectivity index (χ3n) is 2.54. The van der Waals surface area contributed by atoms with E-state index >= 15 is 0 Å². The maximum absolute atomic E-state index is 11.4. The molecular weight excluding hydrogens is 278 g/mol. The topological polar surface area (TPSA) is 70.2 Å². The van der Waals surface area contributed by atoms with E-state index in [1.807, 2.05) is 31.2 Å². The highest BCUT2D eigenvalue weighted by atomic mass is 35.5. The van der Waals surface area contributed by atoms with Gasteiger partial charge in [-0.1, -0.05) is 19.1 Å². The molecule has 0 aliphatic carbocycles. The lowest BCUT2D eigenvalue weighted by molar-refractivity contribution is -0.120. The first-order valence-corrected chi connectivity index (χ1v) is 6.45. The zero-order valence-corrected chi connectivity index (χ0v) is 12.7. The third-order valence-corrected chi connectivity index (χ3v) is 2.54. The molecular formula is C14H22ClN3O2. The number of halogens is 1. The molecule has 2 amide bonds. The number of likely N-dealkylation sites (N-methyl/N-ethyl adjacent to an activating group) is 1. The van der Waals surface area contributed by atoms with Gasteiger partial charge in [-0.15, -0.1) is 12.4 Å². The Morgan fingerprint density at radius 2 is 1.75 bits per heavy atom. The molecule has 1 aromatic rings. The van der Waals surface area contributed by atoms with Crippen LogP contribution in [0.3, 0.4) is 0 Å². The van der Waals surface area contributed by atoms with Crippen molar-refractivity contribution in [2.24, 2.45) is 0 Å². The number of anilines is 1. The van der Waals surface area contributed by atoms with Crippen LogP contribution in [0.1, 0.15) is 25.3 Å². The minimum absolute atomic E-state index is 0. The molecule has 0 fully saturated rings. The lowest BCUT2D eigenvalue weighted by Crippen LogP contribution is -2.31. The first kappa shape index (κ1) is 18.4. The molecule has 0 saturated heterocycles. The van der Waals surface area contributed by atoms with Gasteiger partial charge in [-0.05, 0) is 31.2 Å². The van der Waals surface area contributed by atoms with E-state index in [2.05, 4.69) is 16.0 Å². The van der Waals surface area contributed by atoms with Gasteiger partial charge in [0.25, 0.3) is 0 Å². The van der Waals surface area contributed by atoms with Gasteiger partial charge < -0.3 is 16.0 Å². The van der Waals surface area contributed by atoms with Crippen LogP contribution in [0.2, 0.25) is 0 Å². The predicted octanol–water partition coefficient (Wildman–Crippen LogP) is 1.68. The van der Waals surface area contributed by atoms with E-state index in [9.17, 15) is 9.59 Å². The average molecular weight is 300 g/mol. The summed E-state index contributed by atoms with van der Waals surface area (Å²) in [6, 6.07) is 7.46. The lowest BCUT2D eigenvalue weighted by Gasteiger charge is -2.07. The molecule has 0 saturated carbocycles. The molecule has 20 heavy (non-hydrogen) atoms. The van der Waals surface area contributed by atoms with Gasteiger partial charge in [-0.25, -0.2) is 0 Å². The molecule has 0 aliphatic heterocycles. The second-order valence-corrected chi connectivity index (χ2v) is 4.30. The van der Waals surface area contributed by atoms with Crippen molar-refractivity contribution < 1.29 is 9.59 Å². The van der Waals surface area contributed by atoms with E-state index in [4.69, 9.17) is 0 Å². The molecule has 1 aromatic carbocycles. The molecule has 0 aromatic heterocycles. The number of carbonyl (C=O) groups is 2. The van der Waals surface area contributed by atoms with Crippen molar-refractivity contribution in [3.8, 4) is 0 Å². The number of hydrogen-bond donors (Lipinski definition) is 3. The largest absolute Gasteiger partial charge is 0.351 e. The maximum atomic E-state index is 11.4. The molecule has 6 heteroatoms. The van der Waals surface area contributed by atoms with Crippen LogP contribution in [-0.4, -0.2) is 25.4 Å². The van der Waals surface area contributed by atoms with Crippen molar-refractivity contribution in [2.45, 2.75) is 26.3 Å². The van der Waals surface area contributed by atoms with Gasteiger partial charge in [0.15, 0.2) is 0 Å². The summed E-state index contributed by atoms with van der Waals surface area (Å²) in [6.07, 6.45) is 1.36. The summed E-state index contributed by atoms with van der Waals surface area (Å²) >= 11 is 0. The number of amides is 2. The van der Waals surface area contributed by atoms with Crippen LogP contribution in [0.15, 0.2) is 24.3 Å². The van der Waals surface area contributed by atoms with E-state index in [0.717, 1.165) is 17.7 Å². The molecule has 1 rings (SSSR count). The molecule has 0 radical (unpaired) electrons. The summed E-state index contributed by atoms with van der Waals surface area (Å²) in [4.78, 5) is 22.7. The molecule has 0 unspecified atom stereocenters. The average Bonchev–Trinajstić information content (AvgIpc) is 2.38. The molecule has 0 bridgehead atoms. The van der Waals surface area contributed by atoms with E-state index in [1.54, 1.807) is 7.05 Å². The summed E-state index contributed by atoms with van der Waals surface area (Å²) in [5, 5.41) is 8.40. The lowest BCUT2D eigenvalue weighted by atomic mass is 10.2. The Kier molecular flexibility index (Phi) is 9.41. The van der Waals surface area contributed by atoms with Crippen LogP contribution in [0.25, 0.3) is 0 Å². The molecule has 3 N–H and O–H groups in total. The second kappa shape index (κ2) is 10.2. The Bertz CT molecular complexity index is 421. The summed E-state index contributed by atoms with van der Waals surface area (Å²) in [5.74, 6) is -0.0135. The van der Waals surface area contributed by atoms with Gasteiger partial charge in [0, 0.05) is 18.7 Å². The third kappa shape index (κ3) is 7.11. The smallest absolute Gasteiger partial charge is 0.234 e.